The summed E-state index contributed by atoms with van der Waals surface area (Å²) in [7, 11) is 0. The molecule has 1 aliphatic rings. The van der Waals surface area contributed by atoms with Gasteiger partial charge in [-0.3, -0.25) is 0 Å². The minimum atomic E-state index is -0.0510. The fourth-order valence-electron chi connectivity index (χ4n) is 9.12. The zero-order valence-corrected chi connectivity index (χ0v) is 31.6. The molecule has 55 heavy (non-hydrogen) atoms. The summed E-state index contributed by atoms with van der Waals surface area (Å²) in [6.45, 7) is 4.70. The topological polar surface area (TPSA) is 3.24 Å². The van der Waals surface area contributed by atoms with E-state index in [-0.39, 0.29) is 5.41 Å². The van der Waals surface area contributed by atoms with E-state index in [4.69, 9.17) is 0 Å². The average molecular weight is 720 g/mol. The molecule has 0 aliphatic heterocycles. The molecule has 0 bridgehead atoms. The quantitative estimate of drug-likeness (QED) is 0.171. The molecule has 0 radical (unpaired) electrons. The molecular formula is C53H37NS. The van der Waals surface area contributed by atoms with Crippen LogP contribution in [0.1, 0.15) is 25.0 Å². The molecule has 0 saturated heterocycles. The molecule has 11 rings (SSSR count). The zero-order chi connectivity index (χ0) is 36.7. The molecule has 1 heterocycles. The lowest BCUT2D eigenvalue weighted by Gasteiger charge is -2.28. The smallest absolute Gasteiger partial charge is 0.0468 e. The van der Waals surface area contributed by atoms with Crippen molar-refractivity contribution in [2.45, 2.75) is 19.3 Å². The molecule has 9 aromatic carbocycles. The maximum absolute atomic E-state index is 2.43. The van der Waals surface area contributed by atoms with Crippen LogP contribution in [0.15, 0.2) is 188 Å². The van der Waals surface area contributed by atoms with Gasteiger partial charge in [0.25, 0.3) is 0 Å². The molecule has 0 fully saturated rings. The highest BCUT2D eigenvalue weighted by molar-refractivity contribution is 7.25. The molecule has 1 aliphatic carbocycles. The second-order valence-corrected chi connectivity index (χ2v) is 16.4. The number of fused-ring (bicyclic) bond motifs is 8. The van der Waals surface area contributed by atoms with Crippen molar-refractivity contribution < 1.29 is 0 Å². The maximum atomic E-state index is 2.43. The Labute approximate surface area is 325 Å². The molecule has 0 atom stereocenters. The second-order valence-electron chi connectivity index (χ2n) is 15.3. The minimum Gasteiger partial charge on any atom is -0.310 e. The Bertz CT molecular complexity index is 3120. The van der Waals surface area contributed by atoms with Crippen molar-refractivity contribution >= 4 is 70.1 Å². The molecule has 1 nitrogen and oxygen atoms in total. The van der Waals surface area contributed by atoms with Crippen molar-refractivity contribution in [3.8, 4) is 33.4 Å². The van der Waals surface area contributed by atoms with Crippen molar-refractivity contribution in [3.05, 3.63) is 199 Å². The molecule has 2 heteroatoms. The first-order chi connectivity index (χ1) is 27.0. The van der Waals surface area contributed by atoms with E-state index in [0.717, 1.165) is 17.1 Å². The van der Waals surface area contributed by atoms with Crippen molar-refractivity contribution in [3.63, 3.8) is 0 Å². The molecular weight excluding hydrogens is 683 g/mol. The predicted molar refractivity (Wildman–Crippen MR) is 237 cm³/mol. The van der Waals surface area contributed by atoms with Gasteiger partial charge in [0.05, 0.1) is 0 Å². The van der Waals surface area contributed by atoms with E-state index >= 15 is 0 Å². The molecule has 0 amide bonds. The Balaban J connectivity index is 1.07. The molecule has 0 spiro atoms. The fourth-order valence-corrected chi connectivity index (χ4v) is 10.3. The Hall–Kier alpha value is -6.48. The van der Waals surface area contributed by atoms with E-state index in [9.17, 15) is 0 Å². The van der Waals surface area contributed by atoms with Crippen LogP contribution in [0.4, 0.5) is 17.1 Å². The van der Waals surface area contributed by atoms with E-state index in [2.05, 4.69) is 207 Å². The highest BCUT2D eigenvalue weighted by atomic mass is 32.1. The summed E-state index contributed by atoms with van der Waals surface area (Å²) >= 11 is 1.88. The number of nitrogens with zero attached hydrogens (tertiary/aromatic N) is 1. The third kappa shape index (κ3) is 5.06. The average Bonchev–Trinajstić information content (AvgIpc) is 3.71. The Morgan fingerprint density at radius 3 is 1.87 bits per heavy atom. The lowest BCUT2D eigenvalue weighted by Crippen LogP contribution is -2.15. The van der Waals surface area contributed by atoms with Crippen LogP contribution in [0.2, 0.25) is 0 Å². The van der Waals surface area contributed by atoms with Crippen LogP contribution in [0, 0.1) is 0 Å². The standard InChI is InChI=1S/C53H37NS/c1-53(2)49-22-7-5-18-44(49)47-32-40(28-29-50(47)53)54(39-16-9-14-36(30-39)43-21-10-13-34-12-3-4-17-41(34)43)38-26-24-35(25-27-38)42-20-11-15-37-31-52-48(33-46(37)42)45-19-6-8-23-51(45)55-52/h3-33H,1-2H3. The van der Waals surface area contributed by atoms with Gasteiger partial charge in [-0.15, -0.1) is 11.3 Å². The van der Waals surface area contributed by atoms with Crippen molar-refractivity contribution in [1.29, 1.82) is 0 Å². The number of thiophene rings is 1. The Morgan fingerprint density at radius 1 is 0.364 bits per heavy atom. The van der Waals surface area contributed by atoms with E-state index in [0.29, 0.717) is 0 Å². The summed E-state index contributed by atoms with van der Waals surface area (Å²) in [6.07, 6.45) is 0. The first-order valence-corrected chi connectivity index (χ1v) is 19.9. The van der Waals surface area contributed by atoms with Gasteiger partial charge in [-0.05, 0) is 121 Å². The zero-order valence-electron chi connectivity index (χ0n) is 30.8. The summed E-state index contributed by atoms with van der Waals surface area (Å²) in [5, 5.41) is 7.73. The summed E-state index contributed by atoms with van der Waals surface area (Å²) in [5.41, 5.74) is 13.6. The lowest BCUT2D eigenvalue weighted by atomic mass is 9.82. The number of anilines is 3. The number of hydrogen-bond donors (Lipinski definition) is 0. The summed E-state index contributed by atoms with van der Waals surface area (Å²) < 4.78 is 2.67. The second kappa shape index (κ2) is 12.3. The van der Waals surface area contributed by atoms with Crippen LogP contribution in [-0.2, 0) is 5.41 Å². The summed E-state index contributed by atoms with van der Waals surface area (Å²) in [6, 6.07) is 69.7. The van der Waals surface area contributed by atoms with Crippen LogP contribution in [-0.4, -0.2) is 0 Å². The van der Waals surface area contributed by atoms with E-state index in [1.54, 1.807) is 0 Å². The first-order valence-electron chi connectivity index (χ1n) is 19.1. The number of rotatable bonds is 5. The Kier molecular flexibility index (Phi) is 7.14. The van der Waals surface area contributed by atoms with Crippen LogP contribution < -0.4 is 4.90 Å². The molecule has 0 saturated carbocycles. The van der Waals surface area contributed by atoms with Gasteiger partial charge >= 0.3 is 0 Å². The van der Waals surface area contributed by atoms with Crippen LogP contribution in [0.25, 0.3) is 75.1 Å². The van der Waals surface area contributed by atoms with Gasteiger partial charge < -0.3 is 4.90 Å². The highest BCUT2D eigenvalue weighted by Gasteiger charge is 2.35. The van der Waals surface area contributed by atoms with E-state index in [1.165, 1.54) is 86.2 Å². The van der Waals surface area contributed by atoms with E-state index < -0.39 is 0 Å². The molecule has 0 N–H and O–H groups in total. The van der Waals surface area contributed by atoms with Crippen LogP contribution in [0.5, 0.6) is 0 Å². The maximum Gasteiger partial charge on any atom is 0.0468 e. The van der Waals surface area contributed by atoms with Crippen LogP contribution in [0.3, 0.4) is 0 Å². The monoisotopic (exact) mass is 719 g/mol. The van der Waals surface area contributed by atoms with Crippen LogP contribution >= 0.6 is 11.3 Å². The molecule has 10 aromatic rings. The molecule has 0 unspecified atom stereocenters. The molecule has 1 aromatic heterocycles. The fraction of sp³-hybridized carbons (Fsp3) is 0.0566. The van der Waals surface area contributed by atoms with Gasteiger partial charge in [0.2, 0.25) is 0 Å². The normalized spacial score (nSPS) is 13.1. The van der Waals surface area contributed by atoms with Gasteiger partial charge in [0, 0.05) is 42.6 Å². The third-order valence-electron chi connectivity index (χ3n) is 11.8. The first kappa shape index (κ1) is 32.0. The predicted octanol–water partition coefficient (Wildman–Crippen LogP) is 15.5. The van der Waals surface area contributed by atoms with Gasteiger partial charge in [-0.1, -0.05) is 147 Å². The molecule has 260 valence electrons. The number of hydrogen-bond acceptors (Lipinski definition) is 2. The SMILES string of the molecule is CC1(C)c2ccccc2-c2cc(N(c3ccc(-c4cccc5cc6sc7ccccc7c6cc45)cc3)c3cccc(-c4cccc5ccccc45)c3)ccc21. The van der Waals surface area contributed by atoms with Crippen molar-refractivity contribution in [1.82, 2.24) is 0 Å². The van der Waals surface area contributed by atoms with Crippen molar-refractivity contribution in [2.75, 3.05) is 4.90 Å². The largest absolute Gasteiger partial charge is 0.310 e. The van der Waals surface area contributed by atoms with Crippen molar-refractivity contribution in [2.24, 2.45) is 0 Å². The highest BCUT2D eigenvalue weighted by Crippen LogP contribution is 2.51. The van der Waals surface area contributed by atoms with Gasteiger partial charge in [-0.2, -0.15) is 0 Å². The lowest BCUT2D eigenvalue weighted by molar-refractivity contribution is 0.660. The Morgan fingerprint density at radius 2 is 1.00 bits per heavy atom. The third-order valence-corrected chi connectivity index (χ3v) is 13.0. The minimum absolute atomic E-state index is 0.0510. The summed E-state index contributed by atoms with van der Waals surface area (Å²) in [4.78, 5) is 2.43. The van der Waals surface area contributed by atoms with Gasteiger partial charge in [-0.25, -0.2) is 0 Å². The summed E-state index contributed by atoms with van der Waals surface area (Å²) in [5.74, 6) is 0. The van der Waals surface area contributed by atoms with E-state index in [1.807, 2.05) is 11.3 Å². The van der Waals surface area contributed by atoms with Gasteiger partial charge in [0.1, 0.15) is 0 Å². The number of benzene rings is 9. The van der Waals surface area contributed by atoms with Gasteiger partial charge in [0.15, 0.2) is 0 Å².